The van der Waals surface area contributed by atoms with E-state index in [-0.39, 0.29) is 39.7 Å². The summed E-state index contributed by atoms with van der Waals surface area (Å²) in [6, 6.07) is 26.2. The molecule has 4 fully saturated rings. The molecule has 352 valence electrons. The summed E-state index contributed by atoms with van der Waals surface area (Å²) in [5.74, 6) is 3.13. The maximum atomic E-state index is 12.4. The molecule has 2 heterocycles. The van der Waals surface area contributed by atoms with Crippen molar-refractivity contribution in [2.75, 3.05) is 0 Å². The normalized spacial score (nSPS) is 30.5. The minimum Gasteiger partial charge on any atom is -0.386 e. The van der Waals surface area contributed by atoms with Gasteiger partial charge in [0.2, 0.25) is 0 Å². The molecule has 10 unspecified atom stereocenters. The molecule has 10 atom stereocenters. The van der Waals surface area contributed by atoms with Gasteiger partial charge in [0.25, 0.3) is 0 Å². The number of rotatable bonds is 14. The van der Waals surface area contributed by atoms with Gasteiger partial charge in [0, 0.05) is 5.41 Å². The van der Waals surface area contributed by atoms with E-state index in [1.54, 1.807) is 36.4 Å². The van der Waals surface area contributed by atoms with Gasteiger partial charge >= 0.3 is 23.9 Å². The van der Waals surface area contributed by atoms with Gasteiger partial charge in [-0.05, 0) is 174 Å². The standard InChI is InChI=1S/C57H64O10/c1-33(2)7-6-8-34(3)47-23-24-48-44-22-17-40-31-57(28-27-55(40,4)49(44)25-26-56(47,48)5,38-13-10-36(11-14-38)50(66-62)37-12-21-43-46(30-37)54(61)65-52(43)59)39-15-18-41(19-16-39)67-63-32-35-9-20-42-45(29-35)53(60)64-51(42)58/h9-16,18-21,29-30,33-34,40,44,47-50,62H,6-8,17,22-28,31-32H2,1-5H3. The van der Waals surface area contributed by atoms with Crippen molar-refractivity contribution in [2.24, 2.45) is 52.3 Å². The maximum absolute atomic E-state index is 12.4. The number of fused-ring (bicyclic) bond motifs is 7. The van der Waals surface area contributed by atoms with E-state index in [2.05, 4.69) is 58.9 Å². The van der Waals surface area contributed by atoms with Gasteiger partial charge in [-0.25, -0.2) is 24.1 Å². The van der Waals surface area contributed by atoms with Crippen LogP contribution in [0.5, 0.6) is 5.75 Å². The third-order valence-electron chi connectivity index (χ3n) is 18.3. The van der Waals surface area contributed by atoms with E-state index in [1.165, 1.54) is 68.9 Å². The number of benzene rings is 4. The third-order valence-corrected chi connectivity index (χ3v) is 18.3. The lowest BCUT2D eigenvalue weighted by atomic mass is 9.42. The molecule has 1 N–H and O–H groups in total. The van der Waals surface area contributed by atoms with Crippen LogP contribution in [-0.2, 0) is 31.3 Å². The zero-order valence-electron chi connectivity index (χ0n) is 39.5. The monoisotopic (exact) mass is 908 g/mol. The van der Waals surface area contributed by atoms with E-state index in [0.717, 1.165) is 54.8 Å². The molecule has 10 nitrogen and oxygen atoms in total. The minimum absolute atomic E-state index is 0.0689. The second-order valence-corrected chi connectivity index (χ2v) is 22.0. The zero-order chi connectivity index (χ0) is 46.8. The van der Waals surface area contributed by atoms with E-state index in [4.69, 9.17) is 24.1 Å². The van der Waals surface area contributed by atoms with Crippen molar-refractivity contribution < 1.29 is 48.6 Å². The van der Waals surface area contributed by atoms with Crippen LogP contribution in [0.25, 0.3) is 0 Å². The van der Waals surface area contributed by atoms with Crippen molar-refractivity contribution >= 4 is 23.9 Å². The lowest BCUT2D eigenvalue weighted by Gasteiger charge is -2.63. The molecular formula is C57H64O10. The fourth-order valence-electron chi connectivity index (χ4n) is 14.8. The van der Waals surface area contributed by atoms with Crippen molar-refractivity contribution in [2.45, 2.75) is 130 Å². The molecule has 67 heavy (non-hydrogen) atoms. The van der Waals surface area contributed by atoms with Crippen molar-refractivity contribution in [3.63, 3.8) is 0 Å². The lowest BCUT2D eigenvalue weighted by molar-refractivity contribution is -0.270. The number of carbonyl (C=O) groups excluding carboxylic acids is 4. The van der Waals surface area contributed by atoms with Gasteiger partial charge in [-0.1, -0.05) is 102 Å². The Labute approximate surface area is 393 Å². The minimum atomic E-state index is -0.886. The molecule has 0 bridgehead atoms. The molecule has 4 aromatic carbocycles. The average molecular weight is 909 g/mol. The van der Waals surface area contributed by atoms with Crippen LogP contribution in [0.15, 0.2) is 84.9 Å². The second kappa shape index (κ2) is 17.7. The largest absolute Gasteiger partial charge is 0.386 e. The quantitative estimate of drug-likeness (QED) is 0.0564. The summed E-state index contributed by atoms with van der Waals surface area (Å²) in [6.45, 7) is 12.7. The summed E-state index contributed by atoms with van der Waals surface area (Å²) in [5, 5.41) is 10.2. The van der Waals surface area contributed by atoms with Crippen LogP contribution in [-0.4, -0.2) is 29.1 Å². The number of hydrogen-bond donors (Lipinski definition) is 1. The molecule has 10 heteroatoms. The Hall–Kier alpha value is -5.16. The van der Waals surface area contributed by atoms with Gasteiger partial charge < -0.3 is 14.4 Å². The van der Waals surface area contributed by atoms with Crippen LogP contribution in [0.4, 0.5) is 0 Å². The Kier molecular flexibility index (Phi) is 12.1. The Morgan fingerprint density at radius 1 is 0.642 bits per heavy atom. The number of cyclic esters (lactones) is 4. The predicted octanol–water partition coefficient (Wildman–Crippen LogP) is 12.8. The van der Waals surface area contributed by atoms with Crippen molar-refractivity contribution in [3.8, 4) is 5.75 Å². The van der Waals surface area contributed by atoms with Crippen LogP contribution in [0.3, 0.4) is 0 Å². The third kappa shape index (κ3) is 7.94. The highest BCUT2D eigenvalue weighted by Crippen LogP contribution is 2.70. The molecule has 4 saturated carbocycles. The van der Waals surface area contributed by atoms with Crippen LogP contribution in [0, 0.1) is 52.3 Å². The maximum Gasteiger partial charge on any atom is 0.346 e. The smallest absolute Gasteiger partial charge is 0.346 e. The first-order chi connectivity index (χ1) is 32.2. The summed E-state index contributed by atoms with van der Waals surface area (Å²) in [7, 11) is 0. The Bertz CT molecular complexity index is 2560. The van der Waals surface area contributed by atoms with Gasteiger partial charge in [-0.2, -0.15) is 4.89 Å². The molecule has 0 radical (unpaired) electrons. The van der Waals surface area contributed by atoms with Crippen molar-refractivity contribution in [1.29, 1.82) is 0 Å². The molecule has 0 aromatic heterocycles. The predicted molar refractivity (Wildman–Crippen MR) is 250 cm³/mol. The van der Waals surface area contributed by atoms with E-state index >= 15 is 0 Å². The molecule has 2 aliphatic heterocycles. The highest BCUT2D eigenvalue weighted by atomic mass is 17.2. The summed E-state index contributed by atoms with van der Waals surface area (Å²) >= 11 is 0. The van der Waals surface area contributed by atoms with Gasteiger partial charge in [0.15, 0.2) is 5.75 Å². The van der Waals surface area contributed by atoms with Crippen LogP contribution in [0.2, 0.25) is 0 Å². The Morgan fingerprint density at radius 2 is 1.27 bits per heavy atom. The summed E-state index contributed by atoms with van der Waals surface area (Å²) in [4.78, 5) is 65.1. The molecule has 0 spiro atoms. The molecule has 10 rings (SSSR count). The number of esters is 4. The van der Waals surface area contributed by atoms with Gasteiger partial charge in [-0.15, -0.1) is 0 Å². The SMILES string of the molecule is CC(C)CCCC(C)C1CCC2C3CCC4CC(c5ccc(OOCc6ccc7c(c6)C(=O)OC7=O)cc5)(c5ccc(C(OO)c6ccc7c(c6)C(=O)OC7=O)cc5)CCC4(C)C3CCC12C. The molecule has 4 aromatic rings. The van der Waals surface area contributed by atoms with Crippen LogP contribution in [0.1, 0.15) is 187 Å². The molecule has 0 saturated heterocycles. The molecule has 0 amide bonds. The second-order valence-electron chi connectivity index (χ2n) is 22.0. The highest BCUT2D eigenvalue weighted by Gasteiger charge is 2.62. The first-order valence-corrected chi connectivity index (χ1v) is 24.8. The van der Waals surface area contributed by atoms with Gasteiger partial charge in [-0.3, -0.25) is 5.26 Å². The summed E-state index contributed by atoms with van der Waals surface area (Å²) in [6.07, 6.45) is 14.3. The average Bonchev–Trinajstić information content (AvgIpc) is 3.93. The highest BCUT2D eigenvalue weighted by molar-refractivity contribution is 6.15. The fraction of sp³-hybridized carbons (Fsp3) is 0.509. The number of hydrogen-bond acceptors (Lipinski definition) is 10. The van der Waals surface area contributed by atoms with E-state index in [0.29, 0.717) is 33.8 Å². The summed E-state index contributed by atoms with van der Waals surface area (Å²) in [5.41, 5.74) is 5.55. The van der Waals surface area contributed by atoms with Gasteiger partial charge in [0.05, 0.1) is 22.3 Å². The lowest BCUT2D eigenvalue weighted by Crippen LogP contribution is -2.55. The Morgan fingerprint density at radius 3 is 1.96 bits per heavy atom. The van der Waals surface area contributed by atoms with E-state index in [9.17, 15) is 24.4 Å². The van der Waals surface area contributed by atoms with E-state index < -0.39 is 30.0 Å². The van der Waals surface area contributed by atoms with Crippen molar-refractivity contribution in [3.05, 3.63) is 135 Å². The van der Waals surface area contributed by atoms with Crippen molar-refractivity contribution in [1.82, 2.24) is 0 Å². The molecule has 4 aliphatic carbocycles. The number of ether oxygens (including phenoxy) is 2. The van der Waals surface area contributed by atoms with E-state index in [1.807, 2.05) is 24.3 Å². The topological polar surface area (TPSA) is 135 Å². The molecular weight excluding hydrogens is 845 g/mol. The zero-order valence-corrected chi connectivity index (χ0v) is 39.5. The first kappa shape index (κ1) is 45.6. The number of carbonyl (C=O) groups is 4. The first-order valence-electron chi connectivity index (χ1n) is 24.8. The summed E-state index contributed by atoms with van der Waals surface area (Å²) < 4.78 is 9.55. The fourth-order valence-corrected chi connectivity index (χ4v) is 14.8. The van der Waals surface area contributed by atoms with Gasteiger partial charge in [0.1, 0.15) is 12.7 Å². The van der Waals surface area contributed by atoms with Crippen LogP contribution >= 0.6 is 0 Å². The van der Waals surface area contributed by atoms with Crippen LogP contribution < -0.4 is 4.89 Å². The Balaban J connectivity index is 0.904. The molecule has 6 aliphatic rings.